The van der Waals surface area contributed by atoms with Crippen molar-refractivity contribution >= 4 is 5.97 Å². The number of carboxylic acids is 1. The average Bonchev–Trinajstić information content (AvgIpc) is 2.53. The summed E-state index contributed by atoms with van der Waals surface area (Å²) < 4.78 is 10.7. The predicted octanol–water partition coefficient (Wildman–Crippen LogP) is 2.93. The fourth-order valence-electron chi connectivity index (χ4n) is 1.82. The number of nitrogens with zero attached hydrogens (tertiary/aromatic N) is 1. The normalized spacial score (nSPS) is 10.2. The predicted molar refractivity (Wildman–Crippen MR) is 77.9 cm³/mol. The first kappa shape index (κ1) is 14.8. The Morgan fingerprint density at radius 1 is 1.24 bits per heavy atom. The zero-order chi connectivity index (χ0) is 15.2. The summed E-state index contributed by atoms with van der Waals surface area (Å²) in [7, 11) is 1.61. The molecule has 1 heterocycles. The van der Waals surface area contributed by atoms with Crippen LogP contribution in [0.5, 0.6) is 11.6 Å². The summed E-state index contributed by atoms with van der Waals surface area (Å²) in [6, 6.07) is 10.5. The lowest BCUT2D eigenvalue weighted by Gasteiger charge is -2.08. The second-order valence-electron chi connectivity index (χ2n) is 4.48. The van der Waals surface area contributed by atoms with Crippen LogP contribution in [-0.4, -0.2) is 23.2 Å². The summed E-state index contributed by atoms with van der Waals surface area (Å²) in [5.41, 5.74) is 1.84. The largest absolute Gasteiger partial charge is 0.497 e. The molecule has 0 fully saturated rings. The van der Waals surface area contributed by atoms with E-state index in [2.05, 4.69) is 4.98 Å². The molecule has 0 aliphatic carbocycles. The van der Waals surface area contributed by atoms with E-state index in [4.69, 9.17) is 14.6 Å². The number of ether oxygens (including phenoxy) is 2. The van der Waals surface area contributed by atoms with Gasteiger partial charge in [-0.25, -0.2) is 9.78 Å². The van der Waals surface area contributed by atoms with Gasteiger partial charge in [-0.15, -0.1) is 0 Å². The quantitative estimate of drug-likeness (QED) is 0.884. The molecule has 0 spiro atoms. The van der Waals surface area contributed by atoms with Crippen LogP contribution in [0.1, 0.15) is 28.5 Å². The third kappa shape index (κ3) is 3.95. The maximum absolute atomic E-state index is 11.1. The number of aromatic carboxylic acids is 1. The van der Waals surface area contributed by atoms with E-state index in [1.54, 1.807) is 13.2 Å². The van der Waals surface area contributed by atoms with Gasteiger partial charge in [0.25, 0.3) is 0 Å². The van der Waals surface area contributed by atoms with Crippen LogP contribution in [0.15, 0.2) is 36.4 Å². The Morgan fingerprint density at radius 2 is 1.95 bits per heavy atom. The second kappa shape index (κ2) is 6.74. The van der Waals surface area contributed by atoms with Crippen LogP contribution in [0.3, 0.4) is 0 Å². The van der Waals surface area contributed by atoms with E-state index in [-0.39, 0.29) is 5.56 Å². The highest BCUT2D eigenvalue weighted by Crippen LogP contribution is 2.16. The molecule has 0 radical (unpaired) electrons. The van der Waals surface area contributed by atoms with Crippen molar-refractivity contribution in [3.05, 3.63) is 53.2 Å². The van der Waals surface area contributed by atoms with E-state index in [1.807, 2.05) is 31.2 Å². The van der Waals surface area contributed by atoms with Crippen molar-refractivity contribution in [1.29, 1.82) is 0 Å². The monoisotopic (exact) mass is 287 g/mol. The lowest BCUT2D eigenvalue weighted by Crippen LogP contribution is -2.04. The van der Waals surface area contributed by atoms with Crippen LogP contribution in [0, 0.1) is 0 Å². The first-order valence-electron chi connectivity index (χ1n) is 6.62. The topological polar surface area (TPSA) is 68.7 Å². The summed E-state index contributed by atoms with van der Waals surface area (Å²) in [5, 5.41) is 9.07. The Balaban J connectivity index is 2.11. The summed E-state index contributed by atoms with van der Waals surface area (Å²) >= 11 is 0. The number of aromatic nitrogens is 1. The van der Waals surface area contributed by atoms with Gasteiger partial charge in [-0.3, -0.25) is 0 Å². The first-order valence-corrected chi connectivity index (χ1v) is 6.62. The molecule has 2 rings (SSSR count). The molecule has 0 saturated heterocycles. The Labute approximate surface area is 123 Å². The first-order chi connectivity index (χ1) is 10.1. The lowest BCUT2D eigenvalue weighted by atomic mass is 10.2. The van der Waals surface area contributed by atoms with Crippen molar-refractivity contribution in [2.24, 2.45) is 0 Å². The molecule has 21 heavy (non-hydrogen) atoms. The molecule has 2 aromatic rings. The number of carbonyl (C=O) groups is 1. The van der Waals surface area contributed by atoms with Gasteiger partial charge in [-0.05, 0) is 30.2 Å². The van der Waals surface area contributed by atoms with E-state index in [9.17, 15) is 4.79 Å². The van der Waals surface area contributed by atoms with E-state index < -0.39 is 5.97 Å². The van der Waals surface area contributed by atoms with E-state index in [1.165, 1.54) is 6.07 Å². The van der Waals surface area contributed by atoms with E-state index in [0.717, 1.165) is 11.3 Å². The maximum Gasteiger partial charge on any atom is 0.335 e. The van der Waals surface area contributed by atoms with Crippen LogP contribution in [-0.2, 0) is 13.0 Å². The fourth-order valence-corrected chi connectivity index (χ4v) is 1.82. The number of pyridine rings is 1. The van der Waals surface area contributed by atoms with Gasteiger partial charge < -0.3 is 14.6 Å². The van der Waals surface area contributed by atoms with Gasteiger partial charge in [0.1, 0.15) is 12.4 Å². The summed E-state index contributed by atoms with van der Waals surface area (Å²) in [5.74, 6) is 0.113. The van der Waals surface area contributed by atoms with Crippen molar-refractivity contribution in [3.8, 4) is 11.6 Å². The minimum absolute atomic E-state index is 0.187. The third-order valence-corrected chi connectivity index (χ3v) is 3.01. The zero-order valence-electron chi connectivity index (χ0n) is 12.0. The molecule has 5 heteroatoms. The van der Waals surface area contributed by atoms with Crippen LogP contribution in [0.4, 0.5) is 0 Å². The molecule has 110 valence electrons. The molecule has 5 nitrogen and oxygen atoms in total. The Morgan fingerprint density at radius 3 is 2.52 bits per heavy atom. The lowest BCUT2D eigenvalue weighted by molar-refractivity contribution is 0.0696. The summed E-state index contributed by atoms with van der Waals surface area (Å²) in [4.78, 5) is 15.3. The number of methoxy groups -OCH3 is 1. The second-order valence-corrected chi connectivity index (χ2v) is 4.48. The van der Waals surface area contributed by atoms with Crippen molar-refractivity contribution in [3.63, 3.8) is 0 Å². The molecule has 0 amide bonds. The van der Waals surface area contributed by atoms with Gasteiger partial charge in [0.15, 0.2) is 0 Å². The Bertz CT molecular complexity index is 623. The van der Waals surface area contributed by atoms with Gasteiger partial charge in [-0.2, -0.15) is 0 Å². The van der Waals surface area contributed by atoms with Gasteiger partial charge in [0.05, 0.1) is 12.7 Å². The zero-order valence-corrected chi connectivity index (χ0v) is 12.0. The highest BCUT2D eigenvalue weighted by Gasteiger charge is 2.08. The standard InChI is InChI=1S/C16H17NO4/c1-3-13-8-12(16(18)19)9-15(17-13)21-10-11-4-6-14(20-2)7-5-11/h4-9H,3,10H2,1-2H3,(H,18,19). The van der Waals surface area contributed by atoms with Gasteiger partial charge in [-0.1, -0.05) is 19.1 Å². The summed E-state index contributed by atoms with van der Waals surface area (Å²) in [6.45, 7) is 2.24. The van der Waals surface area contributed by atoms with Gasteiger partial charge >= 0.3 is 5.97 Å². The number of carboxylic acid groups (broad SMARTS) is 1. The summed E-state index contributed by atoms with van der Waals surface area (Å²) in [6.07, 6.45) is 0.653. The number of rotatable bonds is 6. The van der Waals surface area contributed by atoms with Crippen molar-refractivity contribution in [2.75, 3.05) is 7.11 Å². The fraction of sp³-hybridized carbons (Fsp3) is 0.250. The minimum Gasteiger partial charge on any atom is -0.497 e. The van der Waals surface area contributed by atoms with Crippen molar-refractivity contribution in [1.82, 2.24) is 4.98 Å². The molecule has 0 saturated carbocycles. The highest BCUT2D eigenvalue weighted by molar-refractivity contribution is 5.88. The van der Waals surface area contributed by atoms with Crippen LogP contribution in [0.25, 0.3) is 0 Å². The molecule has 0 atom stereocenters. The minimum atomic E-state index is -0.985. The van der Waals surface area contributed by atoms with E-state index in [0.29, 0.717) is 24.6 Å². The average molecular weight is 287 g/mol. The maximum atomic E-state index is 11.1. The molecule has 1 aromatic carbocycles. The van der Waals surface area contributed by atoms with Gasteiger partial charge in [0.2, 0.25) is 5.88 Å². The Kier molecular flexibility index (Phi) is 4.77. The van der Waals surface area contributed by atoms with E-state index >= 15 is 0 Å². The molecule has 0 bridgehead atoms. The number of hydrogen-bond donors (Lipinski definition) is 1. The molecular formula is C16H17NO4. The number of aryl methyl sites for hydroxylation is 1. The molecule has 0 aliphatic rings. The SMILES string of the molecule is CCc1cc(C(=O)O)cc(OCc2ccc(OC)cc2)n1. The third-order valence-electron chi connectivity index (χ3n) is 3.01. The Hall–Kier alpha value is -2.56. The van der Waals surface area contributed by atoms with Crippen LogP contribution >= 0.6 is 0 Å². The molecule has 0 aliphatic heterocycles. The number of benzene rings is 1. The number of hydrogen-bond acceptors (Lipinski definition) is 4. The molecule has 1 aromatic heterocycles. The van der Waals surface area contributed by atoms with Crippen molar-refractivity contribution < 1.29 is 19.4 Å². The van der Waals surface area contributed by atoms with Crippen LogP contribution in [0.2, 0.25) is 0 Å². The molecule has 0 unspecified atom stereocenters. The smallest absolute Gasteiger partial charge is 0.335 e. The molecular weight excluding hydrogens is 270 g/mol. The van der Waals surface area contributed by atoms with Gasteiger partial charge in [0, 0.05) is 11.8 Å². The van der Waals surface area contributed by atoms with Crippen LogP contribution < -0.4 is 9.47 Å². The van der Waals surface area contributed by atoms with Crippen molar-refractivity contribution in [2.45, 2.75) is 20.0 Å². The highest BCUT2D eigenvalue weighted by atomic mass is 16.5. The molecule has 1 N–H and O–H groups in total.